The molecule has 2 unspecified atom stereocenters. The number of aromatic nitrogens is 2. The number of amides is 1. The Bertz CT molecular complexity index is 255. The van der Waals surface area contributed by atoms with Crippen molar-refractivity contribution in [2.24, 2.45) is 11.7 Å². The van der Waals surface area contributed by atoms with Gasteiger partial charge in [-0.2, -0.15) is 0 Å². The highest BCUT2D eigenvalue weighted by molar-refractivity contribution is 5.77. The van der Waals surface area contributed by atoms with Gasteiger partial charge >= 0.3 is 0 Å². The van der Waals surface area contributed by atoms with Gasteiger partial charge in [-0.25, -0.2) is 4.98 Å². The molecule has 1 heterocycles. The van der Waals surface area contributed by atoms with Gasteiger partial charge in [-0.15, -0.1) is 0 Å². The number of H-pyrrole nitrogens is 1. The maximum atomic E-state index is 10.8. The van der Waals surface area contributed by atoms with Crippen LogP contribution < -0.4 is 5.73 Å². The van der Waals surface area contributed by atoms with E-state index in [1.54, 1.807) is 12.5 Å². The largest absolute Gasteiger partial charge is 0.369 e. The van der Waals surface area contributed by atoms with Gasteiger partial charge in [-0.05, 0) is 0 Å². The number of hydrogen-bond acceptors (Lipinski definition) is 2. The molecule has 0 radical (unpaired) electrons. The lowest BCUT2D eigenvalue weighted by molar-refractivity contribution is -0.121. The summed E-state index contributed by atoms with van der Waals surface area (Å²) in [5, 5.41) is 0. The average molecular weight is 167 g/mol. The molecule has 1 amide bonds. The Balaban J connectivity index is 2.71. The maximum Gasteiger partial charge on any atom is 0.220 e. The summed E-state index contributed by atoms with van der Waals surface area (Å²) < 4.78 is 0. The van der Waals surface area contributed by atoms with Gasteiger partial charge < -0.3 is 10.7 Å². The molecule has 12 heavy (non-hydrogen) atoms. The Labute approximate surface area is 71.2 Å². The van der Waals surface area contributed by atoms with E-state index >= 15 is 0 Å². The SMILES string of the molecule is CC(C(N)=O)C(C)c1cnc[nH]1. The van der Waals surface area contributed by atoms with Crippen LogP contribution in [0.5, 0.6) is 0 Å². The molecule has 0 saturated carbocycles. The van der Waals surface area contributed by atoms with E-state index in [-0.39, 0.29) is 17.7 Å². The summed E-state index contributed by atoms with van der Waals surface area (Å²) in [6, 6.07) is 0. The van der Waals surface area contributed by atoms with Crippen molar-refractivity contribution in [3.05, 3.63) is 18.2 Å². The maximum absolute atomic E-state index is 10.8. The highest BCUT2D eigenvalue weighted by atomic mass is 16.1. The van der Waals surface area contributed by atoms with Crippen LogP contribution in [-0.2, 0) is 4.79 Å². The van der Waals surface area contributed by atoms with Crippen LogP contribution in [0.2, 0.25) is 0 Å². The molecule has 1 aromatic rings. The average Bonchev–Trinajstić information content (AvgIpc) is 2.53. The van der Waals surface area contributed by atoms with Crippen LogP contribution in [0.4, 0.5) is 0 Å². The molecule has 66 valence electrons. The summed E-state index contributed by atoms with van der Waals surface area (Å²) in [4.78, 5) is 17.7. The molecule has 0 aromatic carbocycles. The highest BCUT2D eigenvalue weighted by Gasteiger charge is 2.19. The third-order valence-electron chi connectivity index (χ3n) is 2.21. The van der Waals surface area contributed by atoms with Gasteiger partial charge in [0.2, 0.25) is 5.91 Å². The van der Waals surface area contributed by atoms with E-state index in [4.69, 9.17) is 5.73 Å². The number of carbonyl (C=O) groups is 1. The standard InChI is InChI=1S/C8H13N3O/c1-5(6(2)8(9)12)7-3-10-4-11-7/h3-6H,1-2H3,(H2,9,12)(H,10,11). The second-order valence-corrected chi connectivity index (χ2v) is 2.99. The molecule has 0 spiro atoms. The zero-order valence-corrected chi connectivity index (χ0v) is 7.24. The van der Waals surface area contributed by atoms with Crippen molar-refractivity contribution in [3.63, 3.8) is 0 Å². The Hall–Kier alpha value is -1.32. The molecule has 0 bridgehead atoms. The van der Waals surface area contributed by atoms with Crippen LogP contribution in [0.15, 0.2) is 12.5 Å². The van der Waals surface area contributed by atoms with Crippen molar-refractivity contribution in [1.82, 2.24) is 9.97 Å². The number of carbonyl (C=O) groups excluding carboxylic acids is 1. The van der Waals surface area contributed by atoms with Crippen LogP contribution in [0, 0.1) is 5.92 Å². The molecule has 1 rings (SSSR count). The zero-order valence-electron chi connectivity index (χ0n) is 7.24. The van der Waals surface area contributed by atoms with E-state index in [0.717, 1.165) is 5.69 Å². The van der Waals surface area contributed by atoms with Crippen molar-refractivity contribution in [3.8, 4) is 0 Å². The molecule has 0 aliphatic rings. The van der Waals surface area contributed by atoms with Crippen molar-refractivity contribution >= 4 is 5.91 Å². The predicted molar refractivity (Wildman–Crippen MR) is 45.4 cm³/mol. The monoisotopic (exact) mass is 167 g/mol. The molecule has 1 aromatic heterocycles. The first-order chi connectivity index (χ1) is 5.63. The topological polar surface area (TPSA) is 71.8 Å². The van der Waals surface area contributed by atoms with Crippen LogP contribution in [0.3, 0.4) is 0 Å². The first-order valence-electron chi connectivity index (χ1n) is 3.90. The lowest BCUT2D eigenvalue weighted by Gasteiger charge is -2.14. The molecule has 4 nitrogen and oxygen atoms in total. The van der Waals surface area contributed by atoms with E-state index in [0.29, 0.717) is 0 Å². The Morgan fingerprint density at radius 1 is 1.67 bits per heavy atom. The minimum absolute atomic E-state index is 0.102. The summed E-state index contributed by atoms with van der Waals surface area (Å²) >= 11 is 0. The van der Waals surface area contributed by atoms with Crippen molar-refractivity contribution in [2.45, 2.75) is 19.8 Å². The summed E-state index contributed by atoms with van der Waals surface area (Å²) in [5.41, 5.74) is 6.12. The third-order valence-corrected chi connectivity index (χ3v) is 2.21. The Morgan fingerprint density at radius 2 is 2.33 bits per heavy atom. The number of nitrogens with zero attached hydrogens (tertiary/aromatic N) is 1. The smallest absolute Gasteiger partial charge is 0.220 e. The lowest BCUT2D eigenvalue weighted by Crippen LogP contribution is -2.25. The van der Waals surface area contributed by atoms with Gasteiger partial charge in [0.25, 0.3) is 0 Å². The van der Waals surface area contributed by atoms with E-state index in [9.17, 15) is 4.79 Å². The number of nitrogens with two attached hydrogens (primary N) is 1. The Morgan fingerprint density at radius 3 is 2.75 bits per heavy atom. The van der Waals surface area contributed by atoms with Crippen LogP contribution in [0.1, 0.15) is 25.5 Å². The molecule has 0 saturated heterocycles. The van der Waals surface area contributed by atoms with E-state index < -0.39 is 0 Å². The first-order valence-corrected chi connectivity index (χ1v) is 3.90. The van der Waals surface area contributed by atoms with Gasteiger partial charge in [-0.1, -0.05) is 13.8 Å². The minimum atomic E-state index is -0.280. The number of aromatic amines is 1. The molecular weight excluding hydrogens is 154 g/mol. The number of imidazole rings is 1. The van der Waals surface area contributed by atoms with Crippen molar-refractivity contribution in [2.75, 3.05) is 0 Å². The highest BCUT2D eigenvalue weighted by Crippen LogP contribution is 2.20. The van der Waals surface area contributed by atoms with Crippen molar-refractivity contribution < 1.29 is 4.79 Å². The zero-order chi connectivity index (χ0) is 9.14. The normalized spacial score (nSPS) is 15.5. The van der Waals surface area contributed by atoms with Crippen molar-refractivity contribution in [1.29, 1.82) is 0 Å². The Kier molecular flexibility index (Phi) is 2.47. The molecule has 3 N–H and O–H groups in total. The van der Waals surface area contributed by atoms with Crippen LogP contribution in [-0.4, -0.2) is 15.9 Å². The summed E-state index contributed by atoms with van der Waals surface area (Å²) in [7, 11) is 0. The summed E-state index contributed by atoms with van der Waals surface area (Å²) in [6.45, 7) is 3.76. The quantitative estimate of drug-likeness (QED) is 0.693. The van der Waals surface area contributed by atoms with Gasteiger partial charge in [0.1, 0.15) is 0 Å². The third kappa shape index (κ3) is 1.64. The van der Waals surface area contributed by atoms with Crippen LogP contribution in [0.25, 0.3) is 0 Å². The molecule has 0 aliphatic carbocycles. The second-order valence-electron chi connectivity index (χ2n) is 2.99. The van der Waals surface area contributed by atoms with Gasteiger partial charge in [0.15, 0.2) is 0 Å². The molecule has 0 aliphatic heterocycles. The molecule has 0 fully saturated rings. The fraction of sp³-hybridized carbons (Fsp3) is 0.500. The first kappa shape index (κ1) is 8.77. The number of primary amides is 1. The van der Waals surface area contributed by atoms with Crippen LogP contribution >= 0.6 is 0 Å². The number of rotatable bonds is 3. The summed E-state index contributed by atoms with van der Waals surface area (Å²) in [6.07, 6.45) is 3.31. The van der Waals surface area contributed by atoms with E-state index in [1.807, 2.05) is 13.8 Å². The lowest BCUT2D eigenvalue weighted by atomic mass is 9.93. The number of hydrogen-bond donors (Lipinski definition) is 2. The predicted octanol–water partition coefficient (Wildman–Crippen LogP) is 0.635. The molecule has 2 atom stereocenters. The van der Waals surface area contributed by atoms with Gasteiger partial charge in [0, 0.05) is 23.7 Å². The van der Waals surface area contributed by atoms with E-state index in [1.165, 1.54) is 0 Å². The van der Waals surface area contributed by atoms with Gasteiger partial charge in [0.05, 0.1) is 6.33 Å². The molecule has 4 heteroatoms. The second kappa shape index (κ2) is 3.38. The fourth-order valence-corrected chi connectivity index (χ4v) is 1.03. The number of nitrogens with one attached hydrogen (secondary N) is 1. The van der Waals surface area contributed by atoms with Gasteiger partial charge in [-0.3, -0.25) is 4.79 Å². The fourth-order valence-electron chi connectivity index (χ4n) is 1.03. The van der Waals surface area contributed by atoms with E-state index in [2.05, 4.69) is 9.97 Å². The summed E-state index contributed by atoms with van der Waals surface area (Å²) in [5.74, 6) is -0.340. The minimum Gasteiger partial charge on any atom is -0.369 e. The molecular formula is C8H13N3O.